The first-order chi connectivity index (χ1) is 21.8. The number of fused-ring (bicyclic) bond motifs is 1. The molecule has 244 valence electrons. The number of hydrogen-bond acceptors (Lipinski definition) is 5. The average molecular weight is 772 g/mol. The zero-order valence-corrected chi connectivity index (χ0v) is 28.4. The van der Waals surface area contributed by atoms with Crippen LogP contribution in [0.3, 0.4) is 0 Å². The van der Waals surface area contributed by atoms with E-state index in [1.807, 2.05) is 13.8 Å². The summed E-state index contributed by atoms with van der Waals surface area (Å²) in [6, 6.07) is 6.76. The minimum atomic E-state index is -4.79. The Hall–Kier alpha value is -2.92. The quantitative estimate of drug-likeness (QED) is 0.0855. The summed E-state index contributed by atoms with van der Waals surface area (Å²) in [6.45, 7) is 5.33. The Kier molecular flexibility index (Phi) is 10.2. The molecule has 1 saturated carbocycles. The summed E-state index contributed by atoms with van der Waals surface area (Å²) >= 11 is 3.28. The van der Waals surface area contributed by atoms with E-state index >= 15 is 0 Å². The maximum Gasteiger partial charge on any atom is 0.418 e. The smallest absolute Gasteiger partial charge is 0.354 e. The highest BCUT2D eigenvalue weighted by Gasteiger charge is 2.37. The highest BCUT2D eigenvalue weighted by Crippen LogP contribution is 2.42. The van der Waals surface area contributed by atoms with Gasteiger partial charge < -0.3 is 14.1 Å². The van der Waals surface area contributed by atoms with Gasteiger partial charge in [0.15, 0.2) is 0 Å². The highest BCUT2D eigenvalue weighted by atomic mass is 127. The van der Waals surface area contributed by atoms with Gasteiger partial charge in [-0.15, -0.1) is 22.4 Å². The van der Waals surface area contributed by atoms with Gasteiger partial charge in [-0.25, -0.2) is 13.8 Å². The summed E-state index contributed by atoms with van der Waals surface area (Å²) < 4.78 is 77.3. The molecule has 1 aromatic carbocycles. The minimum absolute atomic E-state index is 0.0125. The van der Waals surface area contributed by atoms with Crippen LogP contribution in [-0.4, -0.2) is 55.6 Å². The number of H-pyrrole nitrogens is 1. The number of alkyl halides is 4. The van der Waals surface area contributed by atoms with E-state index in [0.29, 0.717) is 34.4 Å². The van der Waals surface area contributed by atoms with E-state index in [0.717, 1.165) is 41.6 Å². The van der Waals surface area contributed by atoms with Gasteiger partial charge in [-0.2, -0.15) is 13.2 Å². The van der Waals surface area contributed by atoms with Crippen LogP contribution in [0.4, 0.5) is 22.0 Å². The number of nitrogens with zero attached hydrogens (tertiary/aromatic N) is 3. The summed E-state index contributed by atoms with van der Waals surface area (Å²) in [6.07, 6.45) is -3.25. The third-order valence-electron chi connectivity index (χ3n) is 7.91. The van der Waals surface area contributed by atoms with Gasteiger partial charge in [0.25, 0.3) is 11.5 Å². The Balaban J connectivity index is 0.00000204. The second kappa shape index (κ2) is 13.7. The van der Waals surface area contributed by atoms with Crippen LogP contribution in [0.25, 0.3) is 27.8 Å². The van der Waals surface area contributed by atoms with E-state index in [4.69, 9.17) is 4.18 Å². The fraction of sp³-hybridized carbons (Fsp3) is 0.387. The lowest BCUT2D eigenvalue weighted by molar-refractivity contribution is -0.136. The number of carbonyl (C=O) groups is 1. The van der Waals surface area contributed by atoms with Crippen LogP contribution < -0.4 is 5.56 Å². The van der Waals surface area contributed by atoms with Crippen molar-refractivity contribution in [3.8, 4) is 16.9 Å². The van der Waals surface area contributed by atoms with Crippen LogP contribution in [0.15, 0.2) is 41.3 Å². The number of halogens is 6. The van der Waals surface area contributed by atoms with E-state index in [-0.39, 0.29) is 45.1 Å². The van der Waals surface area contributed by atoms with Gasteiger partial charge in [-0.1, -0.05) is 31.8 Å². The minimum Gasteiger partial charge on any atom is -0.354 e. The van der Waals surface area contributed by atoms with E-state index in [2.05, 4.69) is 32.3 Å². The normalized spacial score (nSPS) is 15.0. The molecule has 1 saturated heterocycles. The number of aromatic amines is 1. The summed E-state index contributed by atoms with van der Waals surface area (Å²) in [5.41, 5.74) is 0.113. The first-order valence-electron chi connectivity index (χ1n) is 14.8. The zero-order valence-electron chi connectivity index (χ0n) is 25.5. The number of benzene rings is 1. The van der Waals surface area contributed by atoms with Crippen LogP contribution >= 0.6 is 34.3 Å². The Morgan fingerprint density at radius 3 is 2.50 bits per heavy atom. The Bertz CT molecular complexity index is 1840. The third kappa shape index (κ3) is 6.86. The molecule has 0 spiro atoms. The first kappa shape index (κ1) is 34.4. The molecule has 46 heavy (non-hydrogen) atoms. The van der Waals surface area contributed by atoms with Crippen molar-refractivity contribution in [2.24, 2.45) is 0 Å². The topological polar surface area (TPSA) is 80.2 Å². The molecule has 15 heteroatoms. The van der Waals surface area contributed by atoms with Gasteiger partial charge in [-0.3, -0.25) is 14.2 Å². The first-order valence-corrected chi connectivity index (χ1v) is 16.8. The molecule has 1 aliphatic carbocycles. The molecule has 4 heterocycles. The second-order valence-electron chi connectivity index (χ2n) is 11.0. The summed E-state index contributed by atoms with van der Waals surface area (Å²) in [5, 5.41) is -0.203. The van der Waals surface area contributed by atoms with Crippen LogP contribution in [0.2, 0.25) is 0 Å². The fourth-order valence-electron chi connectivity index (χ4n) is 5.51. The molecule has 0 unspecified atom stereocenters. The Morgan fingerprint density at radius 1 is 1.20 bits per heavy atom. The number of likely N-dealkylation sites (tertiary alicyclic amines) is 1. The molecule has 0 bridgehead atoms. The van der Waals surface area contributed by atoms with Gasteiger partial charge in [0.1, 0.15) is 23.3 Å². The monoisotopic (exact) mass is 772 g/mol. The van der Waals surface area contributed by atoms with Crippen LogP contribution in [0.1, 0.15) is 65.5 Å². The molecular formula is C31H31BF5IN4O3S. The maximum atomic E-state index is 14.5. The number of carbonyl (C=O) groups excluding carboxylic acids is 1. The van der Waals surface area contributed by atoms with E-state index < -0.39 is 35.2 Å². The highest BCUT2D eigenvalue weighted by molar-refractivity contribution is 14.1. The molecule has 6 rings (SSSR count). The van der Waals surface area contributed by atoms with Gasteiger partial charge in [0.2, 0.25) is 0 Å². The number of aryl methyl sites for hydroxylation is 1. The zero-order chi connectivity index (χ0) is 33.5. The molecule has 0 radical (unpaired) electrons. The molecule has 4 aromatic rings. The summed E-state index contributed by atoms with van der Waals surface area (Å²) in [4.78, 5) is 35.9. The lowest BCUT2D eigenvalue weighted by atomic mass is 9.96. The molecule has 3 aromatic heterocycles. The summed E-state index contributed by atoms with van der Waals surface area (Å²) in [7, 11) is 1.50. The summed E-state index contributed by atoms with van der Waals surface area (Å²) in [5.74, 6) is -1.27. The second-order valence-corrected chi connectivity index (χ2v) is 14.4. The number of hydrogen-bond donors (Lipinski definition) is 1. The predicted molar refractivity (Wildman–Crippen MR) is 179 cm³/mol. The van der Waals surface area contributed by atoms with Crippen molar-refractivity contribution >= 4 is 54.9 Å². The maximum absolute atomic E-state index is 14.5. The standard InChI is InChI=1S/C29H25BF5IN4O3S.C2H6/c1-14-23(10-30(36)44-43-2)38-26-25(14)21(29(33,34)35)13-40(28(26)42)24-8-16(7-22(37-24)15-3-4-15)19-6-5-17(31)9-20(19)27(41)39-11-18(32)12-39;1-2/h5-9,13,15,18,38H,3-4,10-12H2,1-2H3;1-2H3. The van der Waals surface area contributed by atoms with Crippen molar-refractivity contribution in [2.75, 3.05) is 20.2 Å². The van der Waals surface area contributed by atoms with Crippen LogP contribution in [0, 0.1) is 12.7 Å². The van der Waals surface area contributed by atoms with Crippen molar-refractivity contribution in [1.82, 2.24) is 19.4 Å². The number of aromatic nitrogens is 3. The predicted octanol–water partition coefficient (Wildman–Crippen LogP) is 7.84. The van der Waals surface area contributed by atoms with Crippen LogP contribution in [-0.2, 0) is 16.7 Å². The SMILES string of the molecule is CC.COSB(I)Cc1[nH]c2c(=O)n(-c3cc(-c4ccc(F)cc4C(=O)N4CC(F)C4)cc(C4CC4)n3)cc(C(F)(F)F)c2c1C. The largest absolute Gasteiger partial charge is 0.418 e. The Morgan fingerprint density at radius 2 is 1.89 bits per heavy atom. The molecule has 1 aliphatic heterocycles. The molecule has 7 nitrogen and oxygen atoms in total. The van der Waals surface area contributed by atoms with Crippen LogP contribution in [0.5, 0.6) is 0 Å². The molecule has 1 N–H and O–H groups in total. The van der Waals surface area contributed by atoms with E-state index in [1.165, 1.54) is 30.2 Å². The van der Waals surface area contributed by atoms with Crippen molar-refractivity contribution in [3.63, 3.8) is 0 Å². The van der Waals surface area contributed by atoms with Crippen molar-refractivity contribution in [1.29, 1.82) is 0 Å². The van der Waals surface area contributed by atoms with Gasteiger partial charge in [0, 0.05) is 36.0 Å². The van der Waals surface area contributed by atoms with Crippen molar-refractivity contribution in [2.45, 2.75) is 58.2 Å². The van der Waals surface area contributed by atoms with Crippen molar-refractivity contribution < 1.29 is 30.9 Å². The molecule has 0 atom stereocenters. The molecular weight excluding hydrogens is 741 g/mol. The van der Waals surface area contributed by atoms with Gasteiger partial charge in [0.05, 0.1) is 24.2 Å². The number of rotatable bonds is 8. The molecule has 1 amide bonds. The van der Waals surface area contributed by atoms with E-state index in [9.17, 15) is 31.5 Å². The van der Waals surface area contributed by atoms with Gasteiger partial charge in [-0.05, 0) is 67.0 Å². The number of amides is 1. The lowest BCUT2D eigenvalue weighted by Crippen LogP contribution is -2.51. The lowest BCUT2D eigenvalue weighted by Gasteiger charge is -2.34. The number of pyridine rings is 2. The molecule has 2 fully saturated rings. The fourth-order valence-corrected chi connectivity index (χ4v) is 7.02. The average Bonchev–Trinajstić information content (AvgIpc) is 3.80. The number of nitrogens with one attached hydrogen (secondary N) is 1. The van der Waals surface area contributed by atoms with Crippen molar-refractivity contribution in [3.05, 3.63) is 80.8 Å². The Labute approximate surface area is 280 Å². The van der Waals surface area contributed by atoms with Gasteiger partial charge >= 0.3 is 10.0 Å². The van der Waals surface area contributed by atoms with E-state index in [1.54, 1.807) is 13.0 Å². The molecule has 2 aliphatic rings. The third-order valence-corrected chi connectivity index (χ3v) is 9.54.